The second-order valence-corrected chi connectivity index (χ2v) is 4.44. The molecule has 1 aromatic carbocycles. The maximum absolute atomic E-state index is 10.8. The third-order valence-electron chi connectivity index (χ3n) is 1.71. The molecule has 0 saturated heterocycles. The molecule has 0 radical (unpaired) electrons. The first kappa shape index (κ1) is 8.38. The molecular weight excluding hydrogens is 182 g/mol. The van der Waals surface area contributed by atoms with Gasteiger partial charge < -0.3 is 0 Å². The van der Waals surface area contributed by atoms with Crippen molar-refractivity contribution in [1.29, 1.82) is 0 Å². The Balaban J connectivity index is 2.23. The van der Waals surface area contributed by atoms with Gasteiger partial charge in [0.2, 0.25) is 0 Å². The number of carbonyl (C=O) groups excluding carboxylic acids is 1. The van der Waals surface area contributed by atoms with E-state index >= 15 is 0 Å². The molecule has 1 aromatic rings. The highest BCUT2D eigenvalue weighted by Gasteiger charge is 2.07. The van der Waals surface area contributed by atoms with Gasteiger partial charge in [0, 0.05) is 0 Å². The molecule has 0 spiro atoms. The van der Waals surface area contributed by atoms with Gasteiger partial charge in [0.15, 0.2) is 0 Å². The van der Waals surface area contributed by atoms with Gasteiger partial charge in [-0.2, -0.15) is 0 Å². The zero-order chi connectivity index (χ0) is 9.10. The first-order valence-electron chi connectivity index (χ1n) is 4.00. The van der Waals surface area contributed by atoms with Crippen LogP contribution in [0.5, 0.6) is 0 Å². The summed E-state index contributed by atoms with van der Waals surface area (Å²) < 4.78 is 0. The first-order chi connectivity index (χ1) is 6.34. The lowest BCUT2D eigenvalue weighted by atomic mass is 10.2. The van der Waals surface area contributed by atoms with Crippen LogP contribution in [-0.4, -0.2) is 22.6 Å². The second kappa shape index (κ2) is 3.66. The number of amides is 1. The Hall–Kier alpha value is -1.22. The Morgan fingerprint density at radius 3 is 2.69 bits per heavy atom. The molecule has 1 aliphatic rings. The van der Waals surface area contributed by atoms with E-state index in [9.17, 15) is 4.79 Å². The lowest BCUT2D eigenvalue weighted by molar-refractivity contribution is -0.115. The van der Waals surface area contributed by atoms with E-state index in [2.05, 4.69) is 10.4 Å². The number of hydrogen-bond donors (Lipinski definition) is 0. The predicted molar refractivity (Wildman–Crippen MR) is 57.6 cm³/mol. The molecule has 2 rings (SSSR count). The monoisotopic (exact) mass is 191 g/mol. The molecule has 0 saturated carbocycles. The molecule has 66 valence electrons. The Kier molecular flexibility index (Phi) is 2.36. The highest BCUT2D eigenvalue weighted by atomic mass is 32.2. The predicted octanol–water partition coefficient (Wildman–Crippen LogP) is 1.67. The summed E-state index contributed by atoms with van der Waals surface area (Å²) in [6.45, 7) is 0. The summed E-state index contributed by atoms with van der Waals surface area (Å²) in [6, 6.07) is 10.0. The van der Waals surface area contributed by atoms with Crippen molar-refractivity contribution in [2.24, 2.45) is 4.99 Å². The molecule has 0 bridgehead atoms. The molecule has 1 heterocycles. The van der Waals surface area contributed by atoms with Gasteiger partial charge in [0.25, 0.3) is 5.91 Å². The molecule has 1 aliphatic heterocycles. The fourth-order valence-electron chi connectivity index (χ4n) is 1.12. The summed E-state index contributed by atoms with van der Waals surface area (Å²) >= 11 is 0. The topological polar surface area (TPSA) is 29.4 Å². The molecule has 0 aliphatic carbocycles. The van der Waals surface area contributed by atoms with E-state index in [0.717, 1.165) is 5.56 Å². The average molecular weight is 191 g/mol. The van der Waals surface area contributed by atoms with E-state index in [1.54, 1.807) is 5.55 Å². The number of benzene rings is 1. The van der Waals surface area contributed by atoms with Gasteiger partial charge >= 0.3 is 0 Å². The molecule has 13 heavy (non-hydrogen) atoms. The maximum atomic E-state index is 10.8. The lowest BCUT2D eigenvalue weighted by Gasteiger charge is -1.94. The van der Waals surface area contributed by atoms with Crippen LogP contribution in [0.25, 0.3) is 0 Å². The van der Waals surface area contributed by atoms with Gasteiger partial charge in [-0.05, 0) is 10.9 Å². The van der Waals surface area contributed by atoms with Crippen molar-refractivity contribution in [2.45, 2.75) is 0 Å². The molecule has 1 unspecified atom stereocenters. The number of carbonyl (C=O) groups is 1. The van der Waals surface area contributed by atoms with E-state index in [1.807, 2.05) is 30.3 Å². The van der Waals surface area contributed by atoms with E-state index in [-0.39, 0.29) is 16.4 Å². The summed E-state index contributed by atoms with van der Waals surface area (Å²) in [7, 11) is -0.0746. The minimum atomic E-state index is -0.0746. The lowest BCUT2D eigenvalue weighted by Crippen LogP contribution is -1.90. The van der Waals surface area contributed by atoms with Crippen LogP contribution in [0.4, 0.5) is 0 Å². The third kappa shape index (κ3) is 2.12. The van der Waals surface area contributed by atoms with Crippen LogP contribution in [0.2, 0.25) is 0 Å². The summed E-state index contributed by atoms with van der Waals surface area (Å²) in [5.74, 6) is 0.546. The Morgan fingerprint density at radius 2 is 2.08 bits per heavy atom. The van der Waals surface area contributed by atoms with Crippen LogP contribution in [0.1, 0.15) is 5.56 Å². The molecule has 0 fully saturated rings. The van der Waals surface area contributed by atoms with Crippen molar-refractivity contribution >= 4 is 27.3 Å². The molecular formula is C10H9NOS. The van der Waals surface area contributed by atoms with Crippen molar-refractivity contribution in [1.82, 2.24) is 0 Å². The molecule has 1 atom stereocenters. The number of hydrogen-bond acceptors (Lipinski definition) is 1. The van der Waals surface area contributed by atoms with Crippen molar-refractivity contribution in [3.63, 3.8) is 0 Å². The zero-order valence-electron chi connectivity index (χ0n) is 7.01. The highest BCUT2D eigenvalue weighted by Crippen LogP contribution is 2.15. The average Bonchev–Trinajstić information content (AvgIpc) is 2.53. The fourth-order valence-corrected chi connectivity index (χ4v) is 2.46. The maximum Gasteiger partial charge on any atom is 0.256 e. The van der Waals surface area contributed by atoms with Gasteiger partial charge in [-0.15, -0.1) is 10.5 Å². The number of rotatable bonds is 1. The van der Waals surface area contributed by atoms with E-state index in [0.29, 0.717) is 5.75 Å². The van der Waals surface area contributed by atoms with Crippen molar-refractivity contribution < 1.29 is 4.79 Å². The Labute approximate surface area is 79.2 Å². The summed E-state index contributed by atoms with van der Waals surface area (Å²) in [4.78, 5) is 14.6. The normalized spacial score (nSPS) is 21.2. The highest BCUT2D eigenvalue weighted by molar-refractivity contribution is 8.27. The van der Waals surface area contributed by atoms with Crippen molar-refractivity contribution in [3.05, 3.63) is 35.9 Å². The summed E-state index contributed by atoms with van der Waals surface area (Å²) in [5, 5.41) is 2.09. The zero-order valence-corrected chi connectivity index (χ0v) is 7.83. The minimum absolute atomic E-state index is 0.00415. The Morgan fingerprint density at radius 1 is 1.31 bits per heavy atom. The fraction of sp³-hybridized carbons (Fsp3) is 0.100. The van der Waals surface area contributed by atoms with Crippen LogP contribution in [0, 0.1) is 0 Å². The van der Waals surface area contributed by atoms with Crippen LogP contribution < -0.4 is 0 Å². The van der Waals surface area contributed by atoms with Gasteiger partial charge in [-0.1, -0.05) is 30.3 Å². The molecule has 2 nitrogen and oxygen atoms in total. The van der Waals surface area contributed by atoms with Crippen molar-refractivity contribution in [2.75, 3.05) is 5.75 Å². The van der Waals surface area contributed by atoms with E-state index in [1.165, 1.54) is 0 Å². The van der Waals surface area contributed by atoms with Crippen LogP contribution in [0.3, 0.4) is 0 Å². The van der Waals surface area contributed by atoms with Gasteiger partial charge in [0.1, 0.15) is 0 Å². The first-order valence-corrected chi connectivity index (χ1v) is 5.52. The minimum Gasteiger partial charge on any atom is -0.272 e. The van der Waals surface area contributed by atoms with Gasteiger partial charge in [-0.3, -0.25) is 4.79 Å². The molecule has 3 heteroatoms. The second-order valence-electron chi connectivity index (χ2n) is 2.77. The SMILES string of the molecule is O=C1CS(=Cc2ccccc2)C=N1. The van der Waals surface area contributed by atoms with Crippen molar-refractivity contribution in [3.8, 4) is 0 Å². The summed E-state index contributed by atoms with van der Waals surface area (Å²) in [6.07, 6.45) is 0. The third-order valence-corrected chi connectivity index (χ3v) is 3.24. The van der Waals surface area contributed by atoms with Crippen LogP contribution >= 0.6 is 10.5 Å². The number of nitrogens with zero attached hydrogens (tertiary/aromatic N) is 1. The molecule has 0 N–H and O–H groups in total. The summed E-state index contributed by atoms with van der Waals surface area (Å²) in [5.41, 5.74) is 2.90. The van der Waals surface area contributed by atoms with E-state index in [4.69, 9.17) is 0 Å². The smallest absolute Gasteiger partial charge is 0.256 e. The number of aliphatic imine (C=N–C) groups is 1. The molecule has 1 amide bonds. The van der Waals surface area contributed by atoms with E-state index < -0.39 is 0 Å². The Bertz CT molecular complexity index is 381. The quantitative estimate of drug-likeness (QED) is 0.621. The molecule has 0 aromatic heterocycles. The largest absolute Gasteiger partial charge is 0.272 e. The van der Waals surface area contributed by atoms with Gasteiger partial charge in [-0.25, -0.2) is 4.99 Å². The van der Waals surface area contributed by atoms with Gasteiger partial charge in [0.05, 0.1) is 11.3 Å². The standard InChI is InChI=1S/C10H9NOS/c12-10-7-13(8-11-10)6-9-4-2-1-3-5-9/h1-6,8H,7H2. The van der Waals surface area contributed by atoms with Crippen LogP contribution in [-0.2, 0) is 4.79 Å². The van der Waals surface area contributed by atoms with Crippen LogP contribution in [0.15, 0.2) is 35.3 Å².